The Labute approximate surface area is 143 Å². The van der Waals surface area contributed by atoms with E-state index in [4.69, 9.17) is 9.97 Å². The molecule has 3 rings (SSSR count). The second-order valence-corrected chi connectivity index (χ2v) is 7.33. The lowest BCUT2D eigenvalue weighted by Crippen LogP contribution is -2.10. The van der Waals surface area contributed by atoms with Gasteiger partial charge in [0.1, 0.15) is 5.82 Å². The van der Waals surface area contributed by atoms with Crippen LogP contribution in [0, 0.1) is 3.57 Å². The number of hydrogen-bond acceptors (Lipinski definition) is 5. The van der Waals surface area contributed by atoms with Gasteiger partial charge in [-0.3, -0.25) is 4.98 Å². The summed E-state index contributed by atoms with van der Waals surface area (Å²) in [5, 5.41) is 3.45. The number of hydrogen-bond donors (Lipinski definition) is 1. The highest BCUT2D eigenvalue weighted by Crippen LogP contribution is 2.38. The summed E-state index contributed by atoms with van der Waals surface area (Å²) in [6.45, 7) is 3.11. The molecule has 2 aromatic rings. The fourth-order valence-corrected chi connectivity index (χ4v) is 4.16. The Morgan fingerprint density at radius 2 is 2.14 bits per heavy atom. The highest BCUT2D eigenvalue weighted by Gasteiger charge is 2.24. The summed E-state index contributed by atoms with van der Waals surface area (Å²) < 4.78 is 1.20. The molecule has 0 saturated heterocycles. The van der Waals surface area contributed by atoms with Crippen molar-refractivity contribution >= 4 is 39.7 Å². The maximum Gasteiger partial charge on any atom is 0.173 e. The van der Waals surface area contributed by atoms with Crippen LogP contribution in [0.15, 0.2) is 11.7 Å². The summed E-state index contributed by atoms with van der Waals surface area (Å²) in [5.74, 6) is 2.39. The number of halogens is 1. The fourth-order valence-electron chi connectivity index (χ4n) is 2.73. The third-order valence-corrected chi connectivity index (χ3v) is 5.65. The minimum atomic E-state index is 0.591. The van der Waals surface area contributed by atoms with E-state index in [2.05, 4.69) is 39.8 Å². The molecule has 0 spiro atoms. The molecule has 6 heteroatoms. The number of rotatable bonds is 5. The Morgan fingerprint density at radius 1 is 1.33 bits per heavy atom. The molecule has 0 radical (unpaired) electrons. The number of nitrogens with zero attached hydrogens (tertiary/aromatic N) is 3. The van der Waals surface area contributed by atoms with E-state index in [0.29, 0.717) is 5.92 Å². The highest BCUT2D eigenvalue weighted by molar-refractivity contribution is 14.1. The molecule has 0 bridgehead atoms. The average molecular weight is 414 g/mol. The van der Waals surface area contributed by atoms with Crippen LogP contribution in [-0.4, -0.2) is 21.5 Å². The summed E-state index contributed by atoms with van der Waals surface area (Å²) in [6.07, 6.45) is 8.09. The molecule has 0 atom stereocenters. The van der Waals surface area contributed by atoms with E-state index in [1.165, 1.54) is 34.9 Å². The van der Waals surface area contributed by atoms with Crippen molar-refractivity contribution in [3.63, 3.8) is 0 Å². The molecular weight excluding hydrogens is 395 g/mol. The Morgan fingerprint density at radius 3 is 2.81 bits per heavy atom. The molecule has 0 aromatic carbocycles. The van der Waals surface area contributed by atoms with Crippen LogP contribution in [0.2, 0.25) is 0 Å². The number of anilines is 1. The number of thiazole rings is 1. The predicted molar refractivity (Wildman–Crippen MR) is 95.8 cm³/mol. The van der Waals surface area contributed by atoms with Crippen molar-refractivity contribution in [1.82, 2.24) is 15.0 Å². The first-order chi connectivity index (χ1) is 10.3. The normalized spacial score (nSPS) is 15.5. The van der Waals surface area contributed by atoms with E-state index in [0.717, 1.165) is 29.5 Å². The summed E-state index contributed by atoms with van der Waals surface area (Å²) in [7, 11) is 0. The Balaban J connectivity index is 2.02. The van der Waals surface area contributed by atoms with Crippen LogP contribution in [0.5, 0.6) is 0 Å². The van der Waals surface area contributed by atoms with E-state index in [9.17, 15) is 0 Å². The van der Waals surface area contributed by atoms with Crippen molar-refractivity contribution in [3.8, 4) is 10.7 Å². The molecule has 1 saturated carbocycles. The fraction of sp³-hybridized carbons (Fsp3) is 0.533. The molecule has 112 valence electrons. The Bertz CT molecular complexity index is 594. The first-order valence-corrected chi connectivity index (χ1v) is 9.45. The molecule has 1 aliphatic rings. The topological polar surface area (TPSA) is 50.7 Å². The predicted octanol–water partition coefficient (Wildman–Crippen LogP) is 4.68. The average Bonchev–Trinajstić information content (AvgIpc) is 3.19. The number of nitrogens with one attached hydrogen (secondary N) is 1. The third-order valence-electron chi connectivity index (χ3n) is 3.81. The maximum absolute atomic E-state index is 4.88. The van der Waals surface area contributed by atoms with Gasteiger partial charge in [-0.2, -0.15) is 0 Å². The molecule has 0 unspecified atom stereocenters. The first-order valence-electron chi connectivity index (χ1n) is 7.49. The largest absolute Gasteiger partial charge is 0.369 e. The van der Waals surface area contributed by atoms with Gasteiger partial charge in [0.15, 0.2) is 5.82 Å². The minimum Gasteiger partial charge on any atom is -0.369 e. The molecule has 0 aliphatic heterocycles. The van der Waals surface area contributed by atoms with Gasteiger partial charge in [0, 0.05) is 18.7 Å². The Kier molecular flexibility index (Phi) is 5.05. The van der Waals surface area contributed by atoms with Crippen molar-refractivity contribution in [2.24, 2.45) is 0 Å². The van der Waals surface area contributed by atoms with Gasteiger partial charge in [-0.25, -0.2) is 9.97 Å². The summed E-state index contributed by atoms with van der Waals surface area (Å²) in [5.41, 5.74) is 3.07. The van der Waals surface area contributed by atoms with Crippen LogP contribution in [0.4, 0.5) is 5.82 Å². The van der Waals surface area contributed by atoms with Gasteiger partial charge in [-0.05, 0) is 41.9 Å². The maximum atomic E-state index is 4.88. The monoisotopic (exact) mass is 414 g/mol. The van der Waals surface area contributed by atoms with Gasteiger partial charge in [-0.1, -0.05) is 19.8 Å². The first kappa shape index (κ1) is 15.1. The second-order valence-electron chi connectivity index (χ2n) is 5.37. The van der Waals surface area contributed by atoms with Gasteiger partial charge in [0.05, 0.1) is 19.7 Å². The minimum absolute atomic E-state index is 0.591. The molecule has 1 fully saturated rings. The lowest BCUT2D eigenvalue weighted by molar-refractivity contribution is 0.690. The lowest BCUT2D eigenvalue weighted by Gasteiger charge is -2.16. The van der Waals surface area contributed by atoms with Gasteiger partial charge in [-0.15, -0.1) is 11.3 Å². The van der Waals surface area contributed by atoms with Crippen molar-refractivity contribution in [1.29, 1.82) is 0 Å². The summed E-state index contributed by atoms with van der Waals surface area (Å²) in [4.78, 5) is 14.8. The third kappa shape index (κ3) is 3.36. The quantitative estimate of drug-likeness (QED) is 0.722. The second kappa shape index (κ2) is 7.00. The zero-order valence-electron chi connectivity index (χ0n) is 12.1. The van der Waals surface area contributed by atoms with Crippen molar-refractivity contribution < 1.29 is 0 Å². The molecule has 2 heterocycles. The van der Waals surface area contributed by atoms with E-state index in [-0.39, 0.29) is 0 Å². The van der Waals surface area contributed by atoms with Crippen LogP contribution >= 0.6 is 33.9 Å². The van der Waals surface area contributed by atoms with E-state index < -0.39 is 0 Å². The SMILES string of the molecule is CCCNc1nc(-c2cncs2)nc(C2CCCC2)c1I. The van der Waals surface area contributed by atoms with Crippen molar-refractivity contribution in [2.45, 2.75) is 44.9 Å². The van der Waals surface area contributed by atoms with Gasteiger partial charge < -0.3 is 5.32 Å². The lowest BCUT2D eigenvalue weighted by atomic mass is 10.0. The zero-order valence-corrected chi connectivity index (χ0v) is 15.1. The van der Waals surface area contributed by atoms with Gasteiger partial charge >= 0.3 is 0 Å². The molecule has 21 heavy (non-hydrogen) atoms. The van der Waals surface area contributed by atoms with Crippen LogP contribution in [0.3, 0.4) is 0 Å². The van der Waals surface area contributed by atoms with E-state index >= 15 is 0 Å². The summed E-state index contributed by atoms with van der Waals surface area (Å²) >= 11 is 4.00. The molecule has 2 aromatic heterocycles. The smallest absolute Gasteiger partial charge is 0.173 e. The van der Waals surface area contributed by atoms with Crippen LogP contribution < -0.4 is 5.32 Å². The Hall–Kier alpha value is -0.760. The van der Waals surface area contributed by atoms with Gasteiger partial charge in [0.2, 0.25) is 0 Å². The molecule has 0 amide bonds. The van der Waals surface area contributed by atoms with Crippen molar-refractivity contribution in [3.05, 3.63) is 21.0 Å². The standard InChI is InChI=1S/C15H19IN4S/c1-2-7-18-15-12(16)13(10-5-3-4-6-10)19-14(20-15)11-8-17-9-21-11/h8-10H,2-7H2,1H3,(H,18,19,20). The van der Waals surface area contributed by atoms with Crippen LogP contribution in [-0.2, 0) is 0 Å². The highest BCUT2D eigenvalue weighted by atomic mass is 127. The molecule has 1 aliphatic carbocycles. The van der Waals surface area contributed by atoms with E-state index in [1.54, 1.807) is 11.3 Å². The molecular formula is C15H19IN4S. The van der Waals surface area contributed by atoms with Gasteiger partial charge in [0.25, 0.3) is 0 Å². The molecule has 1 N–H and O–H groups in total. The summed E-state index contributed by atoms with van der Waals surface area (Å²) in [6, 6.07) is 0. The molecule has 4 nitrogen and oxygen atoms in total. The van der Waals surface area contributed by atoms with Crippen LogP contribution in [0.1, 0.15) is 50.6 Å². The zero-order chi connectivity index (χ0) is 14.7. The van der Waals surface area contributed by atoms with Crippen molar-refractivity contribution in [2.75, 3.05) is 11.9 Å². The van der Waals surface area contributed by atoms with Crippen LogP contribution in [0.25, 0.3) is 10.7 Å². The van der Waals surface area contributed by atoms with E-state index in [1.807, 2.05) is 11.7 Å². The number of aromatic nitrogens is 3.